The Morgan fingerprint density at radius 3 is 2.67 bits per heavy atom. The van der Waals surface area contributed by atoms with Gasteiger partial charge in [0.1, 0.15) is 0 Å². The zero-order valence-corrected chi connectivity index (χ0v) is 11.8. The van der Waals surface area contributed by atoms with Gasteiger partial charge in [-0.05, 0) is 26.6 Å². The average molecular weight is 247 g/mol. The summed E-state index contributed by atoms with van der Waals surface area (Å²) < 4.78 is 0. The van der Waals surface area contributed by atoms with Gasteiger partial charge in [0.05, 0.1) is 0 Å². The zero-order chi connectivity index (χ0) is 13.0. The lowest BCUT2D eigenvalue weighted by Gasteiger charge is -2.38. The number of nitrogens with one attached hydrogen (secondary N) is 1. The summed E-state index contributed by atoms with van der Waals surface area (Å²) in [5.41, 5.74) is 1.37. The molecule has 1 fully saturated rings. The van der Waals surface area contributed by atoms with E-state index in [-0.39, 0.29) is 0 Å². The van der Waals surface area contributed by atoms with Gasteiger partial charge >= 0.3 is 0 Å². The van der Waals surface area contributed by atoms with Crippen LogP contribution < -0.4 is 5.32 Å². The van der Waals surface area contributed by atoms with Crippen LogP contribution in [0, 0.1) is 0 Å². The molecule has 0 amide bonds. The van der Waals surface area contributed by atoms with Crippen LogP contribution in [0.15, 0.2) is 30.3 Å². The molecule has 1 aliphatic rings. The molecule has 1 aromatic rings. The van der Waals surface area contributed by atoms with Crippen LogP contribution in [0.1, 0.15) is 18.5 Å². The van der Waals surface area contributed by atoms with Crippen molar-refractivity contribution in [3.05, 3.63) is 35.9 Å². The summed E-state index contributed by atoms with van der Waals surface area (Å²) in [6, 6.07) is 11.7. The second-order valence-corrected chi connectivity index (χ2v) is 5.44. The molecule has 0 aromatic heterocycles. The maximum absolute atomic E-state index is 3.65. The second-order valence-electron chi connectivity index (χ2n) is 5.44. The summed E-state index contributed by atoms with van der Waals surface area (Å²) in [5, 5.41) is 3.65. The number of rotatable bonds is 4. The predicted molar refractivity (Wildman–Crippen MR) is 76.8 cm³/mol. The van der Waals surface area contributed by atoms with Gasteiger partial charge in [-0.2, -0.15) is 0 Å². The Morgan fingerprint density at radius 1 is 1.22 bits per heavy atom. The number of likely N-dealkylation sites (N-methyl/N-ethyl adjacent to an activating group) is 2. The Kier molecular flexibility index (Phi) is 4.75. The molecule has 1 saturated heterocycles. The maximum atomic E-state index is 3.65. The molecule has 1 aromatic carbocycles. The van der Waals surface area contributed by atoms with Crippen LogP contribution in [0.2, 0.25) is 0 Å². The molecule has 1 heterocycles. The topological polar surface area (TPSA) is 18.5 Å². The molecule has 2 unspecified atom stereocenters. The van der Waals surface area contributed by atoms with Gasteiger partial charge in [-0.1, -0.05) is 30.3 Å². The van der Waals surface area contributed by atoms with Crippen molar-refractivity contribution in [2.75, 3.05) is 40.3 Å². The van der Waals surface area contributed by atoms with Crippen molar-refractivity contribution in [3.63, 3.8) is 0 Å². The van der Waals surface area contributed by atoms with Gasteiger partial charge in [0, 0.05) is 38.3 Å². The SMILES string of the molecule is CC(NCC1CN(C)CCN1C)c1ccccc1. The van der Waals surface area contributed by atoms with E-state index in [2.05, 4.69) is 66.5 Å². The van der Waals surface area contributed by atoms with E-state index in [0.29, 0.717) is 12.1 Å². The Hall–Kier alpha value is -0.900. The molecule has 2 atom stereocenters. The largest absolute Gasteiger partial charge is 0.309 e. The first-order chi connectivity index (χ1) is 8.66. The fourth-order valence-corrected chi connectivity index (χ4v) is 2.49. The molecule has 0 saturated carbocycles. The van der Waals surface area contributed by atoms with E-state index in [1.54, 1.807) is 0 Å². The van der Waals surface area contributed by atoms with Crippen LogP contribution in [0.25, 0.3) is 0 Å². The fourth-order valence-electron chi connectivity index (χ4n) is 2.49. The van der Waals surface area contributed by atoms with Crippen LogP contribution in [0.3, 0.4) is 0 Å². The van der Waals surface area contributed by atoms with Crippen molar-refractivity contribution in [2.24, 2.45) is 0 Å². The number of hydrogen-bond donors (Lipinski definition) is 1. The van der Waals surface area contributed by atoms with E-state index in [9.17, 15) is 0 Å². The first kappa shape index (κ1) is 13.5. The van der Waals surface area contributed by atoms with Crippen molar-refractivity contribution in [1.82, 2.24) is 15.1 Å². The van der Waals surface area contributed by atoms with Crippen molar-refractivity contribution in [2.45, 2.75) is 19.0 Å². The summed E-state index contributed by atoms with van der Waals surface area (Å²) in [4.78, 5) is 4.88. The minimum atomic E-state index is 0.423. The molecule has 1 aliphatic heterocycles. The first-order valence-corrected chi connectivity index (χ1v) is 6.84. The van der Waals surface area contributed by atoms with Crippen molar-refractivity contribution in [1.29, 1.82) is 0 Å². The third-order valence-electron chi connectivity index (χ3n) is 3.94. The van der Waals surface area contributed by atoms with E-state index in [1.807, 2.05) is 0 Å². The predicted octanol–water partition coefficient (Wildman–Crippen LogP) is 1.58. The molecule has 0 radical (unpaired) electrons. The molecule has 3 nitrogen and oxygen atoms in total. The third kappa shape index (κ3) is 3.55. The monoisotopic (exact) mass is 247 g/mol. The minimum absolute atomic E-state index is 0.423. The highest BCUT2D eigenvalue weighted by atomic mass is 15.3. The number of nitrogens with zero attached hydrogens (tertiary/aromatic N) is 2. The summed E-state index contributed by atoms with van der Waals surface area (Å²) in [5.74, 6) is 0. The third-order valence-corrected chi connectivity index (χ3v) is 3.94. The van der Waals surface area contributed by atoms with Crippen LogP contribution in [-0.2, 0) is 0 Å². The Labute approximate surface area is 111 Å². The van der Waals surface area contributed by atoms with Gasteiger partial charge < -0.3 is 10.2 Å². The highest BCUT2D eigenvalue weighted by molar-refractivity contribution is 5.18. The number of piperazine rings is 1. The van der Waals surface area contributed by atoms with E-state index in [4.69, 9.17) is 0 Å². The molecule has 0 bridgehead atoms. The maximum Gasteiger partial charge on any atom is 0.0345 e. The summed E-state index contributed by atoms with van der Waals surface area (Å²) in [7, 11) is 4.44. The van der Waals surface area contributed by atoms with Crippen LogP contribution >= 0.6 is 0 Å². The van der Waals surface area contributed by atoms with Crippen LogP contribution in [-0.4, -0.2) is 56.1 Å². The highest BCUT2D eigenvalue weighted by Crippen LogP contribution is 2.12. The Balaban J connectivity index is 1.83. The molecule has 3 heteroatoms. The van der Waals surface area contributed by atoms with E-state index in [1.165, 1.54) is 18.7 Å². The summed E-state index contributed by atoms with van der Waals surface area (Å²) >= 11 is 0. The summed E-state index contributed by atoms with van der Waals surface area (Å²) in [6.07, 6.45) is 0. The van der Waals surface area contributed by atoms with Crippen molar-refractivity contribution in [3.8, 4) is 0 Å². The van der Waals surface area contributed by atoms with Crippen molar-refractivity contribution >= 4 is 0 Å². The van der Waals surface area contributed by atoms with Gasteiger partial charge in [-0.15, -0.1) is 0 Å². The molecule has 0 spiro atoms. The highest BCUT2D eigenvalue weighted by Gasteiger charge is 2.22. The fraction of sp³-hybridized carbons (Fsp3) is 0.600. The number of benzene rings is 1. The van der Waals surface area contributed by atoms with E-state index in [0.717, 1.165) is 13.1 Å². The Bertz CT molecular complexity index is 352. The van der Waals surface area contributed by atoms with E-state index >= 15 is 0 Å². The van der Waals surface area contributed by atoms with Crippen molar-refractivity contribution < 1.29 is 0 Å². The van der Waals surface area contributed by atoms with Gasteiger partial charge in [0.15, 0.2) is 0 Å². The average Bonchev–Trinajstić information content (AvgIpc) is 2.40. The Morgan fingerprint density at radius 2 is 1.94 bits per heavy atom. The molecule has 0 aliphatic carbocycles. The van der Waals surface area contributed by atoms with Gasteiger partial charge in [-0.3, -0.25) is 4.90 Å². The zero-order valence-electron chi connectivity index (χ0n) is 11.8. The standard InChI is InChI=1S/C15H25N3/c1-13(14-7-5-4-6-8-14)16-11-15-12-17(2)9-10-18(15)3/h4-8,13,15-16H,9-12H2,1-3H3. The smallest absolute Gasteiger partial charge is 0.0345 e. The number of hydrogen-bond acceptors (Lipinski definition) is 3. The molecule has 100 valence electrons. The molecular formula is C15H25N3. The molecule has 18 heavy (non-hydrogen) atoms. The molecule has 1 N–H and O–H groups in total. The minimum Gasteiger partial charge on any atom is -0.309 e. The lowest BCUT2D eigenvalue weighted by molar-refractivity contribution is 0.112. The second kappa shape index (κ2) is 6.32. The summed E-state index contributed by atoms with van der Waals surface area (Å²) in [6.45, 7) is 6.80. The normalized spacial score (nSPS) is 24.1. The lowest BCUT2D eigenvalue weighted by Crippen LogP contribution is -2.53. The molecular weight excluding hydrogens is 222 g/mol. The van der Waals surface area contributed by atoms with Gasteiger partial charge in [0.2, 0.25) is 0 Å². The van der Waals surface area contributed by atoms with Crippen LogP contribution in [0.5, 0.6) is 0 Å². The van der Waals surface area contributed by atoms with Gasteiger partial charge in [-0.25, -0.2) is 0 Å². The van der Waals surface area contributed by atoms with Gasteiger partial charge in [0.25, 0.3) is 0 Å². The first-order valence-electron chi connectivity index (χ1n) is 6.84. The quantitative estimate of drug-likeness (QED) is 0.871. The van der Waals surface area contributed by atoms with Crippen LogP contribution in [0.4, 0.5) is 0 Å². The van der Waals surface area contributed by atoms with E-state index < -0.39 is 0 Å². The lowest BCUT2D eigenvalue weighted by atomic mass is 10.1. The molecule has 2 rings (SSSR count).